The average Bonchev–Trinajstić information content (AvgIpc) is 3.11. The van der Waals surface area contributed by atoms with E-state index in [-0.39, 0.29) is 23.5 Å². The van der Waals surface area contributed by atoms with Crippen LogP contribution in [0.3, 0.4) is 0 Å². The third kappa shape index (κ3) is 2.58. The second-order valence-corrected chi connectivity index (χ2v) is 5.04. The second-order valence-electron chi connectivity index (χ2n) is 5.04. The summed E-state index contributed by atoms with van der Waals surface area (Å²) in [5.41, 5.74) is -0.134. The van der Waals surface area contributed by atoms with Gasteiger partial charge in [-0.1, -0.05) is 6.07 Å². The van der Waals surface area contributed by atoms with Crippen molar-refractivity contribution in [2.24, 2.45) is 0 Å². The molecular weight excluding hydrogens is 274 g/mol. The van der Waals surface area contributed by atoms with Crippen LogP contribution in [0.25, 0.3) is 0 Å². The molecule has 0 aromatic heterocycles. The zero-order valence-corrected chi connectivity index (χ0v) is 11.1. The fraction of sp³-hybridized carbons (Fsp3) is 0.462. The lowest BCUT2D eigenvalue weighted by Crippen LogP contribution is -2.54. The van der Waals surface area contributed by atoms with E-state index in [0.717, 1.165) is 18.9 Å². The quantitative estimate of drug-likeness (QED) is 0.857. The van der Waals surface area contributed by atoms with Crippen LogP contribution >= 0.6 is 12.4 Å². The van der Waals surface area contributed by atoms with Gasteiger partial charge in [0, 0.05) is 25.2 Å². The van der Waals surface area contributed by atoms with Crippen LogP contribution in [0, 0.1) is 11.6 Å². The molecule has 2 aliphatic rings. The van der Waals surface area contributed by atoms with Gasteiger partial charge in [0.05, 0.1) is 5.56 Å². The monoisotopic (exact) mass is 288 g/mol. The smallest absolute Gasteiger partial charge is 0.257 e. The fourth-order valence-electron chi connectivity index (χ4n) is 2.45. The van der Waals surface area contributed by atoms with Crippen molar-refractivity contribution >= 4 is 18.3 Å². The lowest BCUT2D eigenvalue weighted by molar-refractivity contribution is 0.0685. The van der Waals surface area contributed by atoms with Crippen LogP contribution in [-0.4, -0.2) is 36.0 Å². The van der Waals surface area contributed by atoms with E-state index in [2.05, 4.69) is 5.32 Å². The normalized spacial score (nSPS) is 20.0. The fourth-order valence-corrected chi connectivity index (χ4v) is 2.45. The van der Waals surface area contributed by atoms with Crippen LogP contribution in [0.1, 0.15) is 23.2 Å². The Morgan fingerprint density at radius 1 is 1.32 bits per heavy atom. The molecule has 0 unspecified atom stereocenters. The summed E-state index contributed by atoms with van der Waals surface area (Å²) < 4.78 is 26.7. The molecule has 6 heteroatoms. The highest BCUT2D eigenvalue weighted by molar-refractivity contribution is 5.94. The first-order valence-corrected chi connectivity index (χ1v) is 6.10. The van der Waals surface area contributed by atoms with Crippen LogP contribution in [0.2, 0.25) is 0 Å². The predicted octanol–water partition coefficient (Wildman–Crippen LogP) is 1.96. The molecule has 3 nitrogen and oxygen atoms in total. The van der Waals surface area contributed by atoms with Crippen LogP contribution < -0.4 is 5.32 Å². The largest absolute Gasteiger partial charge is 0.335 e. The summed E-state index contributed by atoms with van der Waals surface area (Å²) in [6.45, 7) is 1.83. The maximum atomic E-state index is 13.6. The molecule has 1 aliphatic carbocycles. The van der Waals surface area contributed by atoms with E-state index in [9.17, 15) is 13.6 Å². The van der Waals surface area contributed by atoms with Gasteiger partial charge in [-0.2, -0.15) is 0 Å². The highest BCUT2D eigenvalue weighted by Gasteiger charge is 2.46. The first-order chi connectivity index (χ1) is 8.61. The van der Waals surface area contributed by atoms with E-state index in [0.29, 0.717) is 19.6 Å². The van der Waals surface area contributed by atoms with E-state index in [1.807, 2.05) is 0 Å². The van der Waals surface area contributed by atoms with E-state index in [1.165, 1.54) is 12.1 Å². The molecular formula is C13H15ClF2N2O. The zero-order chi connectivity index (χ0) is 12.8. The van der Waals surface area contributed by atoms with Crippen LogP contribution in [0.5, 0.6) is 0 Å². The Balaban J connectivity index is 0.00000133. The second kappa shape index (κ2) is 5.06. The number of hydrogen-bond donors (Lipinski definition) is 1. The molecule has 1 spiro atoms. The van der Waals surface area contributed by atoms with Crippen molar-refractivity contribution in [1.29, 1.82) is 0 Å². The summed E-state index contributed by atoms with van der Waals surface area (Å²) in [6, 6.07) is 3.72. The molecule has 3 rings (SSSR count). The van der Waals surface area contributed by atoms with Gasteiger partial charge in [0.1, 0.15) is 0 Å². The zero-order valence-electron chi connectivity index (χ0n) is 10.3. The predicted molar refractivity (Wildman–Crippen MR) is 69.5 cm³/mol. The van der Waals surface area contributed by atoms with Gasteiger partial charge in [-0.3, -0.25) is 4.79 Å². The van der Waals surface area contributed by atoms with Gasteiger partial charge in [0.2, 0.25) is 0 Å². The third-order valence-corrected chi connectivity index (χ3v) is 3.70. The first-order valence-electron chi connectivity index (χ1n) is 6.10. The molecule has 1 heterocycles. The molecule has 2 fully saturated rings. The molecule has 1 saturated carbocycles. The Bertz CT molecular complexity index is 505. The molecule has 104 valence electrons. The van der Waals surface area contributed by atoms with Crippen molar-refractivity contribution in [2.45, 2.75) is 18.4 Å². The van der Waals surface area contributed by atoms with Crippen molar-refractivity contribution in [3.05, 3.63) is 35.4 Å². The van der Waals surface area contributed by atoms with E-state index in [4.69, 9.17) is 0 Å². The minimum Gasteiger partial charge on any atom is -0.335 e. The van der Waals surface area contributed by atoms with Gasteiger partial charge < -0.3 is 10.2 Å². The highest BCUT2D eigenvalue weighted by atomic mass is 35.5. The topological polar surface area (TPSA) is 32.3 Å². The molecule has 1 saturated heterocycles. The molecule has 0 atom stereocenters. The summed E-state index contributed by atoms with van der Waals surface area (Å²) in [7, 11) is 0. The Morgan fingerprint density at radius 2 is 2.05 bits per heavy atom. The molecule has 1 aromatic carbocycles. The number of hydrogen-bond acceptors (Lipinski definition) is 2. The van der Waals surface area contributed by atoms with Gasteiger partial charge in [0.25, 0.3) is 5.91 Å². The minimum atomic E-state index is -1.05. The summed E-state index contributed by atoms with van der Waals surface area (Å²) in [6.07, 6.45) is 2.09. The lowest BCUT2D eigenvalue weighted by Gasteiger charge is -2.34. The highest BCUT2D eigenvalue weighted by Crippen LogP contribution is 2.37. The summed E-state index contributed by atoms with van der Waals surface area (Å²) in [5, 5.41) is 3.37. The Morgan fingerprint density at radius 3 is 2.74 bits per heavy atom. The molecule has 0 bridgehead atoms. The Labute approximate surface area is 116 Å². The Kier molecular flexibility index (Phi) is 3.78. The number of benzene rings is 1. The summed E-state index contributed by atoms with van der Waals surface area (Å²) in [5.74, 6) is -2.44. The van der Waals surface area contributed by atoms with Gasteiger partial charge in [-0.05, 0) is 25.0 Å². The van der Waals surface area contributed by atoms with E-state index in [1.54, 1.807) is 4.90 Å². The van der Waals surface area contributed by atoms with Crippen LogP contribution in [0.4, 0.5) is 8.78 Å². The van der Waals surface area contributed by atoms with Crippen molar-refractivity contribution in [3.63, 3.8) is 0 Å². The maximum absolute atomic E-state index is 13.6. The molecule has 1 aliphatic heterocycles. The molecule has 19 heavy (non-hydrogen) atoms. The molecule has 1 aromatic rings. The van der Waals surface area contributed by atoms with Gasteiger partial charge in [0.15, 0.2) is 11.6 Å². The molecule has 0 radical (unpaired) electrons. The van der Waals surface area contributed by atoms with Crippen molar-refractivity contribution in [1.82, 2.24) is 10.2 Å². The number of piperazine rings is 1. The first kappa shape index (κ1) is 14.2. The van der Waals surface area contributed by atoms with Crippen molar-refractivity contribution < 1.29 is 13.6 Å². The van der Waals surface area contributed by atoms with Gasteiger partial charge >= 0.3 is 0 Å². The maximum Gasteiger partial charge on any atom is 0.257 e. The van der Waals surface area contributed by atoms with Gasteiger partial charge in [-0.25, -0.2) is 8.78 Å². The van der Waals surface area contributed by atoms with Crippen LogP contribution in [-0.2, 0) is 0 Å². The standard InChI is InChI=1S/C13H14F2N2O.ClH/c14-10-3-1-2-9(11(10)15)12(18)17-7-6-16-13(8-17)4-5-13;/h1-3,16H,4-8H2;1H. The number of carbonyl (C=O) groups excluding carboxylic acids is 1. The lowest BCUT2D eigenvalue weighted by atomic mass is 10.1. The minimum absolute atomic E-state index is 0. The SMILES string of the molecule is Cl.O=C(c1cccc(F)c1F)N1CCNC2(CC2)C1. The number of halogens is 3. The van der Waals surface area contributed by atoms with E-state index < -0.39 is 17.5 Å². The summed E-state index contributed by atoms with van der Waals surface area (Å²) >= 11 is 0. The van der Waals surface area contributed by atoms with E-state index >= 15 is 0 Å². The average molecular weight is 289 g/mol. The van der Waals surface area contributed by atoms with Gasteiger partial charge in [-0.15, -0.1) is 12.4 Å². The van der Waals surface area contributed by atoms with Crippen molar-refractivity contribution in [2.75, 3.05) is 19.6 Å². The van der Waals surface area contributed by atoms with Crippen LogP contribution in [0.15, 0.2) is 18.2 Å². The Hall–Kier alpha value is -1.20. The number of carbonyl (C=O) groups is 1. The van der Waals surface area contributed by atoms with Crippen molar-refractivity contribution in [3.8, 4) is 0 Å². The number of nitrogens with one attached hydrogen (secondary N) is 1. The number of nitrogens with zero attached hydrogens (tertiary/aromatic N) is 1. The molecule has 1 amide bonds. The number of rotatable bonds is 1. The number of amides is 1. The molecule has 1 N–H and O–H groups in total. The third-order valence-electron chi connectivity index (χ3n) is 3.70. The summed E-state index contributed by atoms with van der Waals surface area (Å²) in [4.78, 5) is 13.8.